The standard InChI is InChI=1S/C16H21ClO5/c1-19-13-10(6-5-9-7-11(9)16(18)22-4)8-12(17)14(20-2)15(13)21-3/h8-9,11H,5-7H2,1-4H3. The molecule has 1 aliphatic rings. The van der Waals surface area contributed by atoms with Gasteiger partial charge in [0.15, 0.2) is 11.5 Å². The number of benzene rings is 1. The zero-order valence-corrected chi connectivity index (χ0v) is 14.0. The number of halogens is 1. The van der Waals surface area contributed by atoms with E-state index in [1.165, 1.54) is 14.2 Å². The molecule has 22 heavy (non-hydrogen) atoms. The number of aryl methyl sites for hydroxylation is 1. The van der Waals surface area contributed by atoms with Crippen LogP contribution >= 0.6 is 11.6 Å². The summed E-state index contributed by atoms with van der Waals surface area (Å²) in [5, 5.41) is 0.482. The summed E-state index contributed by atoms with van der Waals surface area (Å²) >= 11 is 6.24. The van der Waals surface area contributed by atoms with E-state index in [9.17, 15) is 4.79 Å². The first-order valence-electron chi connectivity index (χ1n) is 7.12. The summed E-state index contributed by atoms with van der Waals surface area (Å²) in [5.74, 6) is 1.86. The van der Waals surface area contributed by atoms with Gasteiger partial charge < -0.3 is 18.9 Å². The Balaban J connectivity index is 2.14. The van der Waals surface area contributed by atoms with Crippen LogP contribution in [0.3, 0.4) is 0 Å². The van der Waals surface area contributed by atoms with Crippen molar-refractivity contribution in [2.45, 2.75) is 19.3 Å². The van der Waals surface area contributed by atoms with E-state index in [2.05, 4.69) is 0 Å². The Morgan fingerprint density at radius 2 is 1.77 bits per heavy atom. The Bertz CT molecular complexity index is 558. The zero-order valence-electron chi connectivity index (χ0n) is 13.3. The number of carbonyl (C=O) groups is 1. The van der Waals surface area contributed by atoms with E-state index in [1.54, 1.807) is 14.2 Å². The van der Waals surface area contributed by atoms with Gasteiger partial charge in [0.2, 0.25) is 5.75 Å². The summed E-state index contributed by atoms with van der Waals surface area (Å²) < 4.78 is 20.9. The molecule has 1 aliphatic carbocycles. The fourth-order valence-electron chi connectivity index (χ4n) is 2.77. The van der Waals surface area contributed by atoms with Crippen LogP contribution in [0.15, 0.2) is 6.07 Å². The molecule has 0 aliphatic heterocycles. The molecular weight excluding hydrogens is 308 g/mol. The number of ether oxygens (including phenoxy) is 4. The molecule has 2 atom stereocenters. The van der Waals surface area contributed by atoms with Crippen molar-refractivity contribution < 1.29 is 23.7 Å². The molecule has 0 bridgehead atoms. The smallest absolute Gasteiger partial charge is 0.308 e. The zero-order chi connectivity index (χ0) is 16.3. The highest BCUT2D eigenvalue weighted by Crippen LogP contribution is 2.47. The summed E-state index contributed by atoms with van der Waals surface area (Å²) in [4.78, 5) is 11.5. The fourth-order valence-corrected chi connectivity index (χ4v) is 3.07. The van der Waals surface area contributed by atoms with Crippen LogP contribution < -0.4 is 14.2 Å². The lowest BCUT2D eigenvalue weighted by Gasteiger charge is -2.17. The third-order valence-corrected chi connectivity index (χ3v) is 4.33. The van der Waals surface area contributed by atoms with Gasteiger partial charge in [0, 0.05) is 0 Å². The van der Waals surface area contributed by atoms with Crippen molar-refractivity contribution in [3.05, 3.63) is 16.7 Å². The maximum absolute atomic E-state index is 11.5. The van der Waals surface area contributed by atoms with Crippen molar-refractivity contribution >= 4 is 17.6 Å². The Morgan fingerprint density at radius 3 is 2.32 bits per heavy atom. The lowest BCUT2D eigenvalue weighted by molar-refractivity contribution is -0.142. The summed E-state index contributed by atoms with van der Waals surface area (Å²) in [6.45, 7) is 0. The molecule has 2 unspecified atom stereocenters. The number of esters is 1. The summed E-state index contributed by atoms with van der Waals surface area (Å²) in [6, 6.07) is 1.83. The monoisotopic (exact) mass is 328 g/mol. The summed E-state index contributed by atoms with van der Waals surface area (Å²) in [6.07, 6.45) is 2.51. The van der Waals surface area contributed by atoms with Crippen molar-refractivity contribution in [1.82, 2.24) is 0 Å². The number of hydrogen-bond donors (Lipinski definition) is 0. The van der Waals surface area contributed by atoms with E-state index in [0.717, 1.165) is 24.8 Å². The van der Waals surface area contributed by atoms with E-state index < -0.39 is 0 Å². The first-order valence-corrected chi connectivity index (χ1v) is 7.50. The van der Waals surface area contributed by atoms with Crippen molar-refractivity contribution in [1.29, 1.82) is 0 Å². The normalized spacial score (nSPS) is 19.5. The van der Waals surface area contributed by atoms with Crippen molar-refractivity contribution in [2.75, 3.05) is 28.4 Å². The van der Waals surface area contributed by atoms with Gasteiger partial charge in [-0.1, -0.05) is 11.6 Å². The quantitative estimate of drug-likeness (QED) is 0.720. The van der Waals surface area contributed by atoms with E-state index in [4.69, 9.17) is 30.5 Å². The highest BCUT2D eigenvalue weighted by atomic mass is 35.5. The second-order valence-electron chi connectivity index (χ2n) is 5.28. The third kappa shape index (κ3) is 3.24. The molecule has 1 saturated carbocycles. The molecule has 122 valence electrons. The average Bonchev–Trinajstić information content (AvgIpc) is 3.30. The highest BCUT2D eigenvalue weighted by molar-refractivity contribution is 6.32. The molecular formula is C16H21ClO5. The van der Waals surface area contributed by atoms with E-state index in [-0.39, 0.29) is 11.9 Å². The van der Waals surface area contributed by atoms with Crippen LogP contribution in [0.25, 0.3) is 0 Å². The first-order chi connectivity index (χ1) is 10.6. The maximum Gasteiger partial charge on any atom is 0.308 e. The molecule has 0 spiro atoms. The topological polar surface area (TPSA) is 54.0 Å². The number of methoxy groups -OCH3 is 4. The van der Waals surface area contributed by atoms with Gasteiger partial charge in [-0.25, -0.2) is 0 Å². The Kier molecular flexibility index (Phi) is 5.40. The molecule has 1 aromatic rings. The number of hydrogen-bond acceptors (Lipinski definition) is 5. The summed E-state index contributed by atoms with van der Waals surface area (Å²) in [7, 11) is 6.10. The van der Waals surface area contributed by atoms with Crippen LogP contribution in [0, 0.1) is 11.8 Å². The molecule has 0 saturated heterocycles. The minimum absolute atomic E-state index is 0.0339. The van der Waals surface area contributed by atoms with Crippen LogP contribution in [0.4, 0.5) is 0 Å². The first kappa shape index (κ1) is 16.7. The molecule has 0 N–H and O–H groups in total. The van der Waals surface area contributed by atoms with Crippen LogP contribution in [-0.2, 0) is 16.0 Å². The predicted octanol–water partition coefficient (Wildman–Crippen LogP) is 3.11. The van der Waals surface area contributed by atoms with Crippen LogP contribution in [0.2, 0.25) is 5.02 Å². The van der Waals surface area contributed by atoms with E-state index >= 15 is 0 Å². The molecule has 0 heterocycles. The number of carbonyl (C=O) groups excluding carboxylic acids is 1. The van der Waals surface area contributed by atoms with Crippen molar-refractivity contribution in [2.24, 2.45) is 11.8 Å². The summed E-state index contributed by atoms with van der Waals surface area (Å²) in [5.41, 5.74) is 0.945. The number of rotatable bonds is 7. The van der Waals surface area contributed by atoms with Crippen molar-refractivity contribution in [3.8, 4) is 17.2 Å². The second-order valence-corrected chi connectivity index (χ2v) is 5.69. The predicted molar refractivity (Wildman–Crippen MR) is 83.0 cm³/mol. The molecule has 5 nitrogen and oxygen atoms in total. The van der Waals surface area contributed by atoms with Crippen molar-refractivity contribution in [3.63, 3.8) is 0 Å². The van der Waals surface area contributed by atoms with Crippen LogP contribution in [0.1, 0.15) is 18.4 Å². The minimum atomic E-state index is -0.123. The third-order valence-electron chi connectivity index (χ3n) is 4.05. The highest BCUT2D eigenvalue weighted by Gasteiger charge is 2.43. The van der Waals surface area contributed by atoms with Gasteiger partial charge in [-0.3, -0.25) is 4.79 Å². The lowest BCUT2D eigenvalue weighted by Crippen LogP contribution is -2.05. The van der Waals surface area contributed by atoms with Gasteiger partial charge in [-0.15, -0.1) is 0 Å². The van der Waals surface area contributed by atoms with Gasteiger partial charge >= 0.3 is 5.97 Å². The van der Waals surface area contributed by atoms with E-state index in [0.29, 0.717) is 28.2 Å². The van der Waals surface area contributed by atoms with Gasteiger partial charge in [0.1, 0.15) is 0 Å². The molecule has 0 amide bonds. The van der Waals surface area contributed by atoms with Gasteiger partial charge in [0.25, 0.3) is 0 Å². The van der Waals surface area contributed by atoms with Crippen LogP contribution in [0.5, 0.6) is 17.2 Å². The second kappa shape index (κ2) is 7.09. The van der Waals surface area contributed by atoms with E-state index in [1.807, 2.05) is 6.07 Å². The molecule has 1 aromatic carbocycles. The Labute approximate surface area is 135 Å². The maximum atomic E-state index is 11.5. The Morgan fingerprint density at radius 1 is 1.14 bits per heavy atom. The Hall–Kier alpha value is -1.62. The van der Waals surface area contributed by atoms with Gasteiger partial charge in [-0.2, -0.15) is 0 Å². The largest absolute Gasteiger partial charge is 0.492 e. The average molecular weight is 329 g/mol. The van der Waals surface area contributed by atoms with Gasteiger partial charge in [-0.05, 0) is 36.8 Å². The molecule has 1 fully saturated rings. The van der Waals surface area contributed by atoms with Gasteiger partial charge in [0.05, 0.1) is 39.4 Å². The fraction of sp³-hybridized carbons (Fsp3) is 0.562. The molecule has 6 heteroatoms. The lowest BCUT2D eigenvalue weighted by atomic mass is 10.0. The van der Waals surface area contributed by atoms with Crippen LogP contribution in [-0.4, -0.2) is 34.4 Å². The minimum Gasteiger partial charge on any atom is -0.492 e. The molecule has 0 radical (unpaired) electrons. The SMILES string of the molecule is COC(=O)C1CC1CCc1cc(Cl)c(OC)c(OC)c1OC. The molecule has 0 aromatic heterocycles. The molecule has 2 rings (SSSR count).